The number of carbonyl (C=O) groups excluding carboxylic acids is 1. The molecule has 0 aliphatic carbocycles. The molecule has 1 amide bonds. The second-order valence-corrected chi connectivity index (χ2v) is 4.96. The number of hydrogen-bond donors (Lipinski definition) is 2. The average Bonchev–Trinajstić information content (AvgIpc) is 2.31. The third-order valence-electron chi connectivity index (χ3n) is 3.65. The van der Waals surface area contributed by atoms with E-state index in [0.29, 0.717) is 12.5 Å². The van der Waals surface area contributed by atoms with Gasteiger partial charge in [0.25, 0.3) is 0 Å². The van der Waals surface area contributed by atoms with E-state index in [1.807, 2.05) is 4.90 Å². The summed E-state index contributed by atoms with van der Waals surface area (Å²) in [6, 6.07) is 0.382. The Kier molecular flexibility index (Phi) is 4.18. The number of nitrogens with zero attached hydrogens (tertiary/aromatic N) is 1. The Bertz CT molecular complexity index is 231. The lowest BCUT2D eigenvalue weighted by atomic mass is 10.0. The van der Waals surface area contributed by atoms with Crippen LogP contribution in [0.3, 0.4) is 0 Å². The van der Waals surface area contributed by atoms with Gasteiger partial charge in [0, 0.05) is 25.6 Å². The van der Waals surface area contributed by atoms with Gasteiger partial charge in [-0.1, -0.05) is 6.42 Å². The zero-order chi connectivity index (χ0) is 11.4. The van der Waals surface area contributed by atoms with Crippen LogP contribution in [-0.2, 0) is 4.79 Å². The van der Waals surface area contributed by atoms with Crippen molar-refractivity contribution in [1.29, 1.82) is 0 Å². The van der Waals surface area contributed by atoms with Crippen LogP contribution in [0.25, 0.3) is 0 Å². The quantitative estimate of drug-likeness (QED) is 0.721. The molecule has 2 N–H and O–H groups in total. The van der Waals surface area contributed by atoms with Gasteiger partial charge in [0.1, 0.15) is 0 Å². The Morgan fingerprint density at radius 2 is 2.00 bits per heavy atom. The van der Waals surface area contributed by atoms with Crippen molar-refractivity contribution in [2.75, 3.05) is 19.6 Å². The third kappa shape index (κ3) is 3.19. The second kappa shape index (κ2) is 5.64. The summed E-state index contributed by atoms with van der Waals surface area (Å²) in [5.41, 5.74) is 0. The number of aliphatic hydroxyl groups excluding tert-OH is 1. The predicted octanol–water partition coefficient (Wildman–Crippen LogP) is 0.502. The fourth-order valence-electron chi connectivity index (χ4n) is 2.55. The Balaban J connectivity index is 1.74. The van der Waals surface area contributed by atoms with Crippen LogP contribution in [0.15, 0.2) is 0 Å². The number of hydrogen-bond acceptors (Lipinski definition) is 3. The van der Waals surface area contributed by atoms with Crippen LogP contribution in [0.2, 0.25) is 0 Å². The Labute approximate surface area is 97.0 Å². The molecule has 2 saturated heterocycles. The first-order valence-corrected chi connectivity index (χ1v) is 6.45. The van der Waals surface area contributed by atoms with Crippen molar-refractivity contribution in [3.63, 3.8) is 0 Å². The lowest BCUT2D eigenvalue weighted by Crippen LogP contribution is -2.44. The summed E-state index contributed by atoms with van der Waals surface area (Å²) >= 11 is 0. The van der Waals surface area contributed by atoms with Crippen molar-refractivity contribution in [3.05, 3.63) is 0 Å². The fourth-order valence-corrected chi connectivity index (χ4v) is 2.55. The molecule has 0 radical (unpaired) electrons. The molecule has 2 heterocycles. The summed E-state index contributed by atoms with van der Waals surface area (Å²) in [6.45, 7) is 2.51. The summed E-state index contributed by atoms with van der Waals surface area (Å²) in [5, 5.41) is 12.8. The molecular formula is C12H22N2O2. The third-order valence-corrected chi connectivity index (χ3v) is 3.65. The zero-order valence-electron chi connectivity index (χ0n) is 9.82. The van der Waals surface area contributed by atoms with Crippen LogP contribution >= 0.6 is 0 Å². The smallest absolute Gasteiger partial charge is 0.224 e. The highest BCUT2D eigenvalue weighted by atomic mass is 16.3. The molecule has 92 valence electrons. The summed E-state index contributed by atoms with van der Waals surface area (Å²) in [4.78, 5) is 13.9. The van der Waals surface area contributed by atoms with Crippen molar-refractivity contribution in [1.82, 2.24) is 10.2 Å². The van der Waals surface area contributed by atoms with Crippen LogP contribution in [0.4, 0.5) is 0 Å². The van der Waals surface area contributed by atoms with Crippen LogP contribution in [-0.4, -0.2) is 47.7 Å². The standard InChI is InChI=1S/C12H22N2O2/c15-11-4-7-14(8-5-11)12(16)9-10-3-1-2-6-13-10/h10-11,13,15H,1-9H2. The van der Waals surface area contributed by atoms with Crippen molar-refractivity contribution >= 4 is 5.91 Å². The molecule has 4 heteroatoms. The Morgan fingerprint density at radius 3 is 2.62 bits per heavy atom. The maximum absolute atomic E-state index is 12.0. The molecular weight excluding hydrogens is 204 g/mol. The van der Waals surface area contributed by atoms with Crippen molar-refractivity contribution < 1.29 is 9.90 Å². The van der Waals surface area contributed by atoms with E-state index < -0.39 is 0 Å². The van der Waals surface area contributed by atoms with Gasteiger partial charge in [-0.15, -0.1) is 0 Å². The highest BCUT2D eigenvalue weighted by Crippen LogP contribution is 2.15. The van der Waals surface area contributed by atoms with Gasteiger partial charge < -0.3 is 15.3 Å². The van der Waals surface area contributed by atoms with E-state index in [9.17, 15) is 9.90 Å². The van der Waals surface area contributed by atoms with E-state index >= 15 is 0 Å². The minimum Gasteiger partial charge on any atom is -0.393 e. The Hall–Kier alpha value is -0.610. The SMILES string of the molecule is O=C(CC1CCCCN1)N1CCC(O)CC1. The molecule has 0 aromatic rings. The first kappa shape index (κ1) is 11.9. The molecule has 2 aliphatic heterocycles. The molecule has 0 saturated carbocycles. The van der Waals surface area contributed by atoms with Gasteiger partial charge in [-0.3, -0.25) is 4.79 Å². The number of nitrogens with one attached hydrogen (secondary N) is 1. The van der Waals surface area contributed by atoms with Gasteiger partial charge in [0.2, 0.25) is 5.91 Å². The highest BCUT2D eigenvalue weighted by molar-refractivity contribution is 5.76. The molecule has 1 atom stereocenters. The maximum Gasteiger partial charge on any atom is 0.224 e. The second-order valence-electron chi connectivity index (χ2n) is 4.96. The number of amides is 1. The fraction of sp³-hybridized carbons (Fsp3) is 0.917. The molecule has 2 aliphatic rings. The molecule has 0 aromatic heterocycles. The van der Waals surface area contributed by atoms with Crippen LogP contribution in [0, 0.1) is 0 Å². The number of carbonyl (C=O) groups is 1. The first-order chi connectivity index (χ1) is 7.75. The number of aliphatic hydroxyl groups is 1. The van der Waals surface area contributed by atoms with E-state index in [2.05, 4.69) is 5.32 Å². The van der Waals surface area contributed by atoms with Gasteiger partial charge in [0.05, 0.1) is 6.10 Å². The summed E-state index contributed by atoms with van der Waals surface area (Å²) in [5.74, 6) is 0.256. The molecule has 16 heavy (non-hydrogen) atoms. The minimum absolute atomic E-state index is 0.197. The molecule has 0 spiro atoms. The van der Waals surface area contributed by atoms with E-state index in [4.69, 9.17) is 0 Å². The molecule has 0 bridgehead atoms. The van der Waals surface area contributed by atoms with E-state index in [0.717, 1.165) is 38.9 Å². The van der Waals surface area contributed by atoms with Gasteiger partial charge in [0.15, 0.2) is 0 Å². The van der Waals surface area contributed by atoms with E-state index in [-0.39, 0.29) is 12.0 Å². The topological polar surface area (TPSA) is 52.6 Å². The van der Waals surface area contributed by atoms with Gasteiger partial charge in [-0.2, -0.15) is 0 Å². The Morgan fingerprint density at radius 1 is 1.25 bits per heavy atom. The summed E-state index contributed by atoms with van der Waals surface area (Å²) in [6.07, 6.45) is 5.52. The lowest BCUT2D eigenvalue weighted by Gasteiger charge is -2.31. The highest BCUT2D eigenvalue weighted by Gasteiger charge is 2.24. The summed E-state index contributed by atoms with van der Waals surface area (Å²) < 4.78 is 0. The van der Waals surface area contributed by atoms with Crippen molar-refractivity contribution in [3.8, 4) is 0 Å². The number of piperidine rings is 2. The van der Waals surface area contributed by atoms with Crippen molar-refractivity contribution in [2.45, 2.75) is 50.7 Å². The van der Waals surface area contributed by atoms with Crippen LogP contribution in [0.1, 0.15) is 38.5 Å². The number of rotatable bonds is 2. The molecule has 2 rings (SSSR count). The molecule has 1 unspecified atom stereocenters. The largest absolute Gasteiger partial charge is 0.393 e. The van der Waals surface area contributed by atoms with Gasteiger partial charge >= 0.3 is 0 Å². The number of likely N-dealkylation sites (tertiary alicyclic amines) is 1. The summed E-state index contributed by atoms with van der Waals surface area (Å²) in [7, 11) is 0. The first-order valence-electron chi connectivity index (χ1n) is 6.45. The maximum atomic E-state index is 12.0. The molecule has 4 nitrogen and oxygen atoms in total. The van der Waals surface area contributed by atoms with Crippen molar-refractivity contribution in [2.24, 2.45) is 0 Å². The van der Waals surface area contributed by atoms with E-state index in [1.165, 1.54) is 12.8 Å². The normalized spacial score (nSPS) is 28.1. The van der Waals surface area contributed by atoms with Gasteiger partial charge in [-0.05, 0) is 32.2 Å². The van der Waals surface area contributed by atoms with Crippen LogP contribution < -0.4 is 5.32 Å². The predicted molar refractivity (Wildman–Crippen MR) is 62.1 cm³/mol. The van der Waals surface area contributed by atoms with Gasteiger partial charge in [-0.25, -0.2) is 0 Å². The minimum atomic E-state index is -0.197. The van der Waals surface area contributed by atoms with E-state index in [1.54, 1.807) is 0 Å². The van der Waals surface area contributed by atoms with Crippen LogP contribution in [0.5, 0.6) is 0 Å². The zero-order valence-corrected chi connectivity index (χ0v) is 9.82. The molecule has 0 aromatic carbocycles. The molecule has 2 fully saturated rings. The average molecular weight is 226 g/mol. The lowest BCUT2D eigenvalue weighted by molar-refractivity contribution is -0.133. The monoisotopic (exact) mass is 226 g/mol.